The number of rotatable bonds is 8. The molecule has 1 aromatic carbocycles. The van der Waals surface area contributed by atoms with Crippen LogP contribution >= 0.6 is 12.4 Å². The Morgan fingerprint density at radius 2 is 2.00 bits per heavy atom. The van der Waals surface area contributed by atoms with Crippen LogP contribution < -0.4 is 15.8 Å². The van der Waals surface area contributed by atoms with Crippen molar-refractivity contribution in [2.45, 2.75) is 39.3 Å². The standard InChI is InChI=1S/C16H26N2O3.ClH/c1-12-6-7-13(11-18-15(19)16(2,3)17)14(10-12)21-9-5-8-20-4;/h6-7,10H,5,8-9,11,17H2,1-4H3,(H,18,19);1H. The molecule has 0 unspecified atom stereocenters. The molecule has 0 aliphatic heterocycles. The van der Waals surface area contributed by atoms with E-state index in [0.29, 0.717) is 19.8 Å². The minimum absolute atomic E-state index is 0. The summed E-state index contributed by atoms with van der Waals surface area (Å²) in [6.07, 6.45) is 0.825. The molecule has 3 N–H and O–H groups in total. The van der Waals surface area contributed by atoms with Gasteiger partial charge in [0.05, 0.1) is 12.1 Å². The summed E-state index contributed by atoms with van der Waals surface area (Å²) in [4.78, 5) is 11.8. The molecule has 126 valence electrons. The van der Waals surface area contributed by atoms with E-state index < -0.39 is 5.54 Å². The van der Waals surface area contributed by atoms with E-state index >= 15 is 0 Å². The van der Waals surface area contributed by atoms with Crippen molar-refractivity contribution in [3.05, 3.63) is 29.3 Å². The van der Waals surface area contributed by atoms with Crippen molar-refractivity contribution < 1.29 is 14.3 Å². The smallest absolute Gasteiger partial charge is 0.239 e. The molecule has 0 aliphatic rings. The molecule has 0 bridgehead atoms. The van der Waals surface area contributed by atoms with Crippen molar-refractivity contribution in [3.8, 4) is 5.75 Å². The lowest BCUT2D eigenvalue weighted by Gasteiger charge is -2.19. The number of benzene rings is 1. The van der Waals surface area contributed by atoms with E-state index in [2.05, 4.69) is 5.32 Å². The summed E-state index contributed by atoms with van der Waals surface area (Å²) in [5.41, 5.74) is 6.93. The van der Waals surface area contributed by atoms with Crippen molar-refractivity contribution in [3.63, 3.8) is 0 Å². The first kappa shape index (κ1) is 20.7. The molecule has 0 heterocycles. The monoisotopic (exact) mass is 330 g/mol. The van der Waals surface area contributed by atoms with Gasteiger partial charge < -0.3 is 20.5 Å². The van der Waals surface area contributed by atoms with Gasteiger partial charge in [-0.05, 0) is 32.4 Å². The van der Waals surface area contributed by atoms with Crippen LogP contribution in [0.2, 0.25) is 0 Å². The molecule has 0 radical (unpaired) electrons. The third-order valence-electron chi connectivity index (χ3n) is 3.00. The molecule has 5 nitrogen and oxygen atoms in total. The molecule has 0 aromatic heterocycles. The molecular weight excluding hydrogens is 304 g/mol. The lowest BCUT2D eigenvalue weighted by atomic mass is 10.1. The number of nitrogens with one attached hydrogen (secondary N) is 1. The van der Waals surface area contributed by atoms with Crippen LogP contribution in [0, 0.1) is 6.92 Å². The van der Waals surface area contributed by atoms with Crippen LogP contribution in [0.3, 0.4) is 0 Å². The van der Waals surface area contributed by atoms with Gasteiger partial charge >= 0.3 is 0 Å². The maximum absolute atomic E-state index is 11.8. The summed E-state index contributed by atoms with van der Waals surface area (Å²) in [6, 6.07) is 5.93. The molecule has 0 saturated heterocycles. The van der Waals surface area contributed by atoms with E-state index in [4.69, 9.17) is 15.2 Å². The molecule has 6 heteroatoms. The van der Waals surface area contributed by atoms with E-state index in [0.717, 1.165) is 23.3 Å². The number of ether oxygens (including phenoxy) is 2. The van der Waals surface area contributed by atoms with Gasteiger partial charge in [0.15, 0.2) is 0 Å². The average molecular weight is 331 g/mol. The summed E-state index contributed by atoms with van der Waals surface area (Å²) in [7, 11) is 1.67. The summed E-state index contributed by atoms with van der Waals surface area (Å²) in [5, 5.41) is 2.83. The minimum Gasteiger partial charge on any atom is -0.493 e. The summed E-state index contributed by atoms with van der Waals surface area (Å²) in [6.45, 7) is 7.02. The Balaban J connectivity index is 0.00000441. The normalized spacial score (nSPS) is 10.8. The number of carbonyl (C=O) groups is 1. The molecule has 1 amide bonds. The zero-order valence-electron chi connectivity index (χ0n) is 13.8. The van der Waals surface area contributed by atoms with Crippen LogP contribution in [0.4, 0.5) is 0 Å². The molecule has 0 spiro atoms. The number of amides is 1. The predicted molar refractivity (Wildman–Crippen MR) is 90.5 cm³/mol. The van der Waals surface area contributed by atoms with E-state index in [-0.39, 0.29) is 18.3 Å². The fourth-order valence-corrected chi connectivity index (χ4v) is 1.73. The van der Waals surface area contributed by atoms with Crippen molar-refractivity contribution in [1.82, 2.24) is 5.32 Å². The first-order valence-electron chi connectivity index (χ1n) is 7.13. The average Bonchev–Trinajstić information content (AvgIpc) is 2.41. The Morgan fingerprint density at radius 3 is 2.59 bits per heavy atom. The van der Waals surface area contributed by atoms with Gasteiger partial charge in [0, 0.05) is 32.2 Å². The SMILES string of the molecule is COCCCOc1cc(C)ccc1CNC(=O)C(C)(C)N.Cl. The van der Waals surface area contributed by atoms with Crippen molar-refractivity contribution >= 4 is 18.3 Å². The van der Waals surface area contributed by atoms with Crippen LogP contribution in [0.25, 0.3) is 0 Å². The minimum atomic E-state index is -0.885. The van der Waals surface area contributed by atoms with Crippen molar-refractivity contribution in [1.29, 1.82) is 0 Å². The molecule has 0 fully saturated rings. The Labute approximate surface area is 139 Å². The topological polar surface area (TPSA) is 73.6 Å². The highest BCUT2D eigenvalue weighted by molar-refractivity contribution is 5.85. The highest BCUT2D eigenvalue weighted by Crippen LogP contribution is 2.20. The van der Waals surface area contributed by atoms with Gasteiger partial charge in [0.1, 0.15) is 5.75 Å². The Bertz CT molecular complexity index is 473. The van der Waals surface area contributed by atoms with E-state index in [9.17, 15) is 4.79 Å². The van der Waals surface area contributed by atoms with Crippen LogP contribution in [-0.2, 0) is 16.1 Å². The molecule has 0 atom stereocenters. The van der Waals surface area contributed by atoms with E-state index in [1.165, 1.54) is 0 Å². The summed E-state index contributed by atoms with van der Waals surface area (Å²) in [5.74, 6) is 0.606. The quantitative estimate of drug-likeness (QED) is 0.717. The number of aryl methyl sites for hydroxylation is 1. The largest absolute Gasteiger partial charge is 0.493 e. The van der Waals surface area contributed by atoms with Crippen molar-refractivity contribution in [2.24, 2.45) is 5.73 Å². The zero-order chi connectivity index (χ0) is 15.9. The highest BCUT2D eigenvalue weighted by Gasteiger charge is 2.21. The van der Waals surface area contributed by atoms with Crippen LogP contribution in [-0.4, -0.2) is 31.8 Å². The highest BCUT2D eigenvalue weighted by atomic mass is 35.5. The van der Waals surface area contributed by atoms with Gasteiger partial charge in [0.2, 0.25) is 5.91 Å². The number of halogens is 1. The van der Waals surface area contributed by atoms with Gasteiger partial charge in [-0.2, -0.15) is 0 Å². The fourth-order valence-electron chi connectivity index (χ4n) is 1.73. The van der Waals surface area contributed by atoms with Crippen LogP contribution in [0.15, 0.2) is 18.2 Å². The second-order valence-electron chi connectivity index (χ2n) is 5.71. The molecule has 1 rings (SSSR count). The second-order valence-corrected chi connectivity index (χ2v) is 5.71. The van der Waals surface area contributed by atoms with E-state index in [1.807, 2.05) is 25.1 Å². The molecule has 1 aromatic rings. The lowest BCUT2D eigenvalue weighted by Crippen LogP contribution is -2.48. The lowest BCUT2D eigenvalue weighted by molar-refractivity contribution is -0.125. The third-order valence-corrected chi connectivity index (χ3v) is 3.00. The Hall–Kier alpha value is -1.30. The first-order chi connectivity index (χ1) is 9.84. The summed E-state index contributed by atoms with van der Waals surface area (Å²) >= 11 is 0. The first-order valence-corrected chi connectivity index (χ1v) is 7.13. The zero-order valence-corrected chi connectivity index (χ0v) is 14.6. The fraction of sp³-hybridized carbons (Fsp3) is 0.562. The van der Waals surface area contributed by atoms with Crippen LogP contribution in [0.5, 0.6) is 5.75 Å². The predicted octanol–water partition coefficient (Wildman–Crippen LogP) is 2.19. The molecular formula is C16H27ClN2O3. The Kier molecular flexibility index (Phi) is 9.09. The molecule has 0 saturated carbocycles. The van der Waals surface area contributed by atoms with Gasteiger partial charge in [0.25, 0.3) is 0 Å². The maximum Gasteiger partial charge on any atom is 0.239 e. The molecule has 0 aliphatic carbocycles. The third kappa shape index (κ3) is 7.11. The van der Waals surface area contributed by atoms with Crippen molar-refractivity contribution in [2.75, 3.05) is 20.3 Å². The second kappa shape index (κ2) is 9.66. The number of hydrogen-bond donors (Lipinski definition) is 2. The number of nitrogens with two attached hydrogens (primary N) is 1. The number of methoxy groups -OCH3 is 1. The van der Waals surface area contributed by atoms with Crippen LogP contribution in [0.1, 0.15) is 31.4 Å². The van der Waals surface area contributed by atoms with Gasteiger partial charge in [-0.3, -0.25) is 4.79 Å². The number of hydrogen-bond acceptors (Lipinski definition) is 4. The van der Waals surface area contributed by atoms with Gasteiger partial charge in [-0.15, -0.1) is 12.4 Å². The van der Waals surface area contributed by atoms with Gasteiger partial charge in [-0.1, -0.05) is 12.1 Å². The maximum atomic E-state index is 11.8. The summed E-state index contributed by atoms with van der Waals surface area (Å²) < 4.78 is 10.8. The Morgan fingerprint density at radius 1 is 1.32 bits per heavy atom. The number of carbonyl (C=O) groups excluding carboxylic acids is 1. The molecule has 22 heavy (non-hydrogen) atoms. The van der Waals surface area contributed by atoms with E-state index in [1.54, 1.807) is 21.0 Å². The van der Waals surface area contributed by atoms with Gasteiger partial charge in [-0.25, -0.2) is 0 Å².